The van der Waals surface area contributed by atoms with Crippen LogP contribution in [0.1, 0.15) is 16.8 Å². The number of ketones is 1. The number of pyridine rings is 1. The fourth-order valence-corrected chi connectivity index (χ4v) is 2.93. The number of anilines is 1. The fourth-order valence-electron chi connectivity index (χ4n) is 2.93. The molecule has 1 N–H and O–H groups in total. The monoisotopic (exact) mass is 279 g/mol. The van der Waals surface area contributed by atoms with Crippen LogP contribution in [0, 0.1) is 0 Å². The van der Waals surface area contributed by atoms with Gasteiger partial charge in [0.05, 0.1) is 5.56 Å². The Morgan fingerprint density at radius 3 is 2.76 bits per heavy atom. The van der Waals surface area contributed by atoms with Crippen molar-refractivity contribution >= 4 is 23.1 Å². The van der Waals surface area contributed by atoms with Crippen LogP contribution in [0.5, 0.6) is 0 Å². The SMILES string of the molecule is O=C1c2cccnc2N=C2N(c3ccccc3)CCC12O. The summed E-state index contributed by atoms with van der Waals surface area (Å²) in [6.45, 7) is 0.555. The van der Waals surface area contributed by atoms with Crippen LogP contribution in [-0.2, 0) is 0 Å². The first-order valence-corrected chi connectivity index (χ1v) is 6.84. The summed E-state index contributed by atoms with van der Waals surface area (Å²) in [7, 11) is 0. The van der Waals surface area contributed by atoms with E-state index in [0.29, 0.717) is 30.2 Å². The predicted molar refractivity (Wildman–Crippen MR) is 79.0 cm³/mol. The molecule has 2 aliphatic heterocycles. The highest BCUT2D eigenvalue weighted by Gasteiger charge is 2.52. The molecule has 5 heteroatoms. The molecule has 21 heavy (non-hydrogen) atoms. The maximum Gasteiger partial charge on any atom is 0.206 e. The van der Waals surface area contributed by atoms with E-state index in [1.165, 1.54) is 0 Å². The minimum atomic E-state index is -1.54. The lowest BCUT2D eigenvalue weighted by Crippen LogP contribution is -2.48. The van der Waals surface area contributed by atoms with E-state index >= 15 is 0 Å². The first-order chi connectivity index (χ1) is 10.2. The number of Topliss-reactive ketones (excluding diaryl/α,β-unsaturated/α-hetero) is 1. The molecule has 0 radical (unpaired) electrons. The number of aliphatic hydroxyl groups is 1. The number of amidine groups is 1. The number of aliphatic imine (C=N–C) groups is 1. The summed E-state index contributed by atoms with van der Waals surface area (Å²) in [6, 6.07) is 13.0. The smallest absolute Gasteiger partial charge is 0.206 e. The molecule has 1 unspecified atom stereocenters. The van der Waals surface area contributed by atoms with Crippen molar-refractivity contribution in [3.05, 3.63) is 54.2 Å². The molecule has 3 heterocycles. The predicted octanol–water partition coefficient (Wildman–Crippen LogP) is 1.95. The molecule has 104 valence electrons. The Labute approximate surface area is 121 Å². The molecular formula is C16H13N3O2. The second-order valence-electron chi connectivity index (χ2n) is 5.24. The van der Waals surface area contributed by atoms with Crippen LogP contribution in [-0.4, -0.2) is 33.9 Å². The summed E-state index contributed by atoms with van der Waals surface area (Å²) in [5.74, 6) is 0.448. The van der Waals surface area contributed by atoms with Crippen LogP contribution in [0.2, 0.25) is 0 Å². The van der Waals surface area contributed by atoms with Gasteiger partial charge in [0.2, 0.25) is 5.78 Å². The van der Waals surface area contributed by atoms with Gasteiger partial charge in [0.25, 0.3) is 0 Å². The molecular weight excluding hydrogens is 266 g/mol. The summed E-state index contributed by atoms with van der Waals surface area (Å²) in [4.78, 5) is 23.1. The van der Waals surface area contributed by atoms with Crippen molar-refractivity contribution in [1.29, 1.82) is 0 Å². The second-order valence-corrected chi connectivity index (χ2v) is 5.24. The number of carbonyl (C=O) groups excluding carboxylic acids is 1. The Bertz CT molecular complexity index is 757. The van der Waals surface area contributed by atoms with Crippen molar-refractivity contribution in [3.63, 3.8) is 0 Å². The number of nitrogens with zero attached hydrogens (tertiary/aromatic N) is 3. The van der Waals surface area contributed by atoms with Crippen LogP contribution >= 0.6 is 0 Å². The summed E-state index contributed by atoms with van der Waals surface area (Å²) >= 11 is 0. The maximum atomic E-state index is 12.6. The highest BCUT2D eigenvalue weighted by molar-refractivity contribution is 6.28. The average Bonchev–Trinajstić information content (AvgIpc) is 2.87. The zero-order valence-electron chi connectivity index (χ0n) is 11.2. The van der Waals surface area contributed by atoms with Gasteiger partial charge in [-0.25, -0.2) is 9.98 Å². The van der Waals surface area contributed by atoms with E-state index in [4.69, 9.17) is 0 Å². The normalized spacial score (nSPS) is 23.6. The number of rotatable bonds is 1. The molecule has 0 saturated carbocycles. The Morgan fingerprint density at radius 2 is 1.95 bits per heavy atom. The van der Waals surface area contributed by atoms with Gasteiger partial charge in [-0.3, -0.25) is 4.79 Å². The van der Waals surface area contributed by atoms with Crippen LogP contribution in [0.25, 0.3) is 0 Å². The highest BCUT2D eigenvalue weighted by atomic mass is 16.3. The van der Waals surface area contributed by atoms with Gasteiger partial charge in [-0.1, -0.05) is 18.2 Å². The largest absolute Gasteiger partial charge is 0.374 e. The van der Waals surface area contributed by atoms with Crippen LogP contribution < -0.4 is 4.90 Å². The number of fused-ring (bicyclic) bond motifs is 2. The lowest BCUT2D eigenvalue weighted by molar-refractivity contribution is 0.0601. The lowest BCUT2D eigenvalue weighted by Gasteiger charge is -2.29. The molecule has 1 fully saturated rings. The number of benzene rings is 1. The van der Waals surface area contributed by atoms with Gasteiger partial charge in [-0.2, -0.15) is 0 Å². The fraction of sp³-hybridized carbons (Fsp3) is 0.188. The van der Waals surface area contributed by atoms with Crippen LogP contribution in [0.3, 0.4) is 0 Å². The van der Waals surface area contributed by atoms with E-state index in [9.17, 15) is 9.90 Å². The molecule has 1 aromatic carbocycles. The number of para-hydroxylation sites is 1. The van der Waals surface area contributed by atoms with Crippen molar-refractivity contribution < 1.29 is 9.90 Å². The standard InChI is InChI=1S/C16H13N3O2/c20-13-12-7-4-9-17-14(12)18-15-16(13,21)8-10-19(15)11-5-2-1-3-6-11/h1-7,9,21H,8,10H2. The van der Waals surface area contributed by atoms with E-state index in [2.05, 4.69) is 9.98 Å². The zero-order chi connectivity index (χ0) is 14.4. The summed E-state index contributed by atoms with van der Waals surface area (Å²) < 4.78 is 0. The Hall–Kier alpha value is -2.53. The van der Waals surface area contributed by atoms with Gasteiger partial charge in [-0.05, 0) is 24.3 Å². The van der Waals surface area contributed by atoms with Crippen molar-refractivity contribution in [1.82, 2.24) is 4.98 Å². The van der Waals surface area contributed by atoms with Crippen LogP contribution in [0.15, 0.2) is 53.7 Å². The average molecular weight is 279 g/mol. The minimum absolute atomic E-state index is 0.311. The van der Waals surface area contributed by atoms with Crippen molar-refractivity contribution in [3.8, 4) is 0 Å². The molecule has 0 aliphatic carbocycles. The van der Waals surface area contributed by atoms with Gasteiger partial charge < -0.3 is 10.0 Å². The third-order valence-corrected chi connectivity index (χ3v) is 4.01. The third-order valence-electron chi connectivity index (χ3n) is 4.01. The van der Waals surface area contributed by atoms with E-state index in [0.717, 1.165) is 5.69 Å². The minimum Gasteiger partial charge on any atom is -0.374 e. The first kappa shape index (κ1) is 12.2. The zero-order valence-corrected chi connectivity index (χ0v) is 11.2. The molecule has 2 aliphatic rings. The molecule has 1 atom stereocenters. The van der Waals surface area contributed by atoms with Gasteiger partial charge in [0.1, 0.15) is 0 Å². The lowest BCUT2D eigenvalue weighted by atomic mass is 9.89. The van der Waals surface area contributed by atoms with Gasteiger partial charge in [0, 0.05) is 24.8 Å². The molecule has 1 aromatic heterocycles. The molecule has 0 bridgehead atoms. The molecule has 5 nitrogen and oxygen atoms in total. The van der Waals surface area contributed by atoms with Crippen molar-refractivity contribution in [2.75, 3.05) is 11.4 Å². The number of hydrogen-bond donors (Lipinski definition) is 1. The Morgan fingerprint density at radius 1 is 1.14 bits per heavy atom. The number of hydrogen-bond acceptors (Lipinski definition) is 5. The molecule has 0 amide bonds. The second kappa shape index (κ2) is 4.23. The third kappa shape index (κ3) is 1.64. The quantitative estimate of drug-likeness (QED) is 0.866. The topological polar surface area (TPSA) is 65.8 Å². The van der Waals surface area contributed by atoms with Gasteiger partial charge >= 0.3 is 0 Å². The van der Waals surface area contributed by atoms with Crippen molar-refractivity contribution in [2.45, 2.75) is 12.0 Å². The van der Waals surface area contributed by atoms with Gasteiger partial charge in [-0.15, -0.1) is 0 Å². The van der Waals surface area contributed by atoms with Gasteiger partial charge in [0.15, 0.2) is 17.3 Å². The first-order valence-electron chi connectivity index (χ1n) is 6.84. The maximum absolute atomic E-state index is 12.6. The number of aromatic nitrogens is 1. The molecule has 1 saturated heterocycles. The Kier molecular flexibility index (Phi) is 2.46. The summed E-state index contributed by atoms with van der Waals surface area (Å²) in [5.41, 5.74) is -0.232. The molecule has 2 aromatic rings. The van der Waals surface area contributed by atoms with E-state index in [1.807, 2.05) is 35.2 Å². The summed E-state index contributed by atoms with van der Waals surface area (Å²) in [5, 5.41) is 10.8. The highest BCUT2D eigenvalue weighted by Crippen LogP contribution is 2.38. The Balaban J connectivity index is 1.88. The van der Waals surface area contributed by atoms with E-state index in [-0.39, 0.29) is 5.78 Å². The van der Waals surface area contributed by atoms with E-state index in [1.54, 1.807) is 18.3 Å². The number of carbonyl (C=O) groups is 1. The van der Waals surface area contributed by atoms with E-state index < -0.39 is 5.60 Å². The molecule has 4 rings (SSSR count). The van der Waals surface area contributed by atoms with Crippen molar-refractivity contribution in [2.24, 2.45) is 4.99 Å². The summed E-state index contributed by atoms with van der Waals surface area (Å²) in [6.07, 6.45) is 1.94. The molecule has 0 spiro atoms. The van der Waals surface area contributed by atoms with Crippen LogP contribution in [0.4, 0.5) is 11.5 Å².